The van der Waals surface area contributed by atoms with Gasteiger partial charge in [-0.3, -0.25) is 14.2 Å². The second-order valence-corrected chi connectivity index (χ2v) is 9.48. The Bertz CT molecular complexity index is 1210. The molecule has 0 unspecified atom stereocenters. The molecule has 2 amide bonds. The smallest absolute Gasteiger partial charge is 0.265 e. The van der Waals surface area contributed by atoms with Crippen LogP contribution in [0.4, 0.5) is 9.52 Å². The zero-order valence-corrected chi connectivity index (χ0v) is 21.1. The van der Waals surface area contributed by atoms with E-state index in [2.05, 4.69) is 27.1 Å². The Kier molecular flexibility index (Phi) is 8.64. The van der Waals surface area contributed by atoms with E-state index in [1.54, 1.807) is 31.7 Å². The minimum Gasteiger partial charge on any atom is -0.484 e. The highest BCUT2D eigenvalue weighted by Gasteiger charge is 2.19. The van der Waals surface area contributed by atoms with Gasteiger partial charge in [0.05, 0.1) is 16.5 Å². The maximum absolute atomic E-state index is 13.2. The molecule has 180 valence electrons. The van der Waals surface area contributed by atoms with E-state index in [4.69, 9.17) is 16.3 Å². The summed E-state index contributed by atoms with van der Waals surface area (Å²) >= 11 is 8.31. The molecule has 0 saturated heterocycles. The number of carbonyl (C=O) groups excluding carboxylic acids is 2. The van der Waals surface area contributed by atoms with Gasteiger partial charge < -0.3 is 15.0 Å². The number of nitrogens with one attached hydrogen (secondary N) is 1. The van der Waals surface area contributed by atoms with Gasteiger partial charge >= 0.3 is 0 Å². The first-order valence-electron chi connectivity index (χ1n) is 9.92. The highest BCUT2D eigenvalue weighted by atomic mass is 35.5. The molecule has 0 atom stereocenters. The molecule has 2 heterocycles. The van der Waals surface area contributed by atoms with Gasteiger partial charge in [-0.15, -0.1) is 16.8 Å². The third kappa shape index (κ3) is 6.33. The highest BCUT2D eigenvalue weighted by molar-refractivity contribution is 7.99. The molecule has 9 nitrogen and oxygen atoms in total. The van der Waals surface area contributed by atoms with E-state index in [0.717, 1.165) is 17.4 Å². The van der Waals surface area contributed by atoms with Crippen molar-refractivity contribution in [2.24, 2.45) is 0 Å². The summed E-state index contributed by atoms with van der Waals surface area (Å²) in [6.45, 7) is 5.90. The molecular weight excluding hydrogens is 503 g/mol. The quantitative estimate of drug-likeness (QED) is 0.315. The minimum atomic E-state index is -0.461. The van der Waals surface area contributed by atoms with Crippen molar-refractivity contribution in [3.05, 3.63) is 58.1 Å². The second kappa shape index (κ2) is 11.4. The number of nitrogens with zero attached hydrogens (tertiary/aromatic N) is 5. The van der Waals surface area contributed by atoms with Crippen LogP contribution in [0.1, 0.15) is 21.2 Å². The van der Waals surface area contributed by atoms with Gasteiger partial charge in [-0.05, 0) is 25.1 Å². The Morgan fingerprint density at radius 3 is 2.82 bits per heavy atom. The largest absolute Gasteiger partial charge is 0.484 e. The molecular formula is C21H22ClFN6O3S2. The first-order valence-corrected chi connectivity index (χ1v) is 12.1. The third-order valence-corrected chi connectivity index (χ3v) is 6.65. The fraction of sp³-hybridized carbons (Fsp3) is 0.286. The lowest BCUT2D eigenvalue weighted by Crippen LogP contribution is -2.21. The highest BCUT2D eigenvalue weighted by Crippen LogP contribution is 2.27. The molecule has 1 aromatic carbocycles. The number of thioether (sulfide) groups is 1. The van der Waals surface area contributed by atoms with Gasteiger partial charge in [-0.1, -0.05) is 40.8 Å². The average molecular weight is 525 g/mol. The summed E-state index contributed by atoms with van der Waals surface area (Å²) in [5, 5.41) is 12.0. The average Bonchev–Trinajstić information content (AvgIpc) is 3.34. The van der Waals surface area contributed by atoms with E-state index in [1.807, 2.05) is 0 Å². The number of hydrogen-bond donors (Lipinski definition) is 1. The number of allylic oxidation sites excluding steroid dienone is 1. The number of anilines is 1. The van der Waals surface area contributed by atoms with Crippen LogP contribution >= 0.6 is 34.7 Å². The minimum absolute atomic E-state index is 0.0417. The normalized spacial score (nSPS) is 10.7. The SMILES string of the molecule is C=CCn1c(COc2ccc(F)cc2Cl)nnc1SCC(=O)Nc1nc(C)c(C(=O)N(C)C)s1. The fourth-order valence-electron chi connectivity index (χ4n) is 2.72. The predicted octanol–water partition coefficient (Wildman–Crippen LogP) is 4.03. The molecule has 3 rings (SSSR count). The number of hydrogen-bond acceptors (Lipinski definition) is 8. The third-order valence-electron chi connectivity index (χ3n) is 4.33. The standard InChI is InChI=1S/C21H22ClFN6O3S2/c1-5-8-29-16(10-32-15-7-6-13(23)9-14(15)22)26-27-21(29)33-11-17(30)25-20-24-12(2)18(34-20)19(31)28(3)4/h5-7,9H,1,8,10-11H2,2-4H3,(H,24,25,30). The van der Waals surface area contributed by atoms with Crippen molar-refractivity contribution in [1.29, 1.82) is 0 Å². The summed E-state index contributed by atoms with van der Waals surface area (Å²) in [5.41, 5.74) is 0.559. The van der Waals surface area contributed by atoms with Crippen LogP contribution in [-0.4, -0.2) is 56.3 Å². The summed E-state index contributed by atoms with van der Waals surface area (Å²) in [7, 11) is 3.31. The maximum atomic E-state index is 13.2. The summed E-state index contributed by atoms with van der Waals surface area (Å²) < 4.78 is 20.6. The van der Waals surface area contributed by atoms with E-state index in [9.17, 15) is 14.0 Å². The Labute approximate surface area is 209 Å². The molecule has 0 bridgehead atoms. The zero-order chi connectivity index (χ0) is 24.8. The van der Waals surface area contributed by atoms with Crippen LogP contribution in [-0.2, 0) is 17.9 Å². The van der Waals surface area contributed by atoms with Crippen molar-refractivity contribution in [2.45, 2.75) is 25.2 Å². The number of carbonyl (C=O) groups is 2. The first kappa shape index (κ1) is 25.7. The molecule has 0 fully saturated rings. The molecule has 2 aromatic heterocycles. The number of benzene rings is 1. The van der Waals surface area contributed by atoms with Crippen LogP contribution < -0.4 is 10.1 Å². The van der Waals surface area contributed by atoms with Crippen LogP contribution in [0.3, 0.4) is 0 Å². The van der Waals surface area contributed by atoms with E-state index in [0.29, 0.717) is 39.0 Å². The number of rotatable bonds is 10. The first-order chi connectivity index (χ1) is 16.2. The topological polar surface area (TPSA) is 102 Å². The molecule has 0 aliphatic heterocycles. The van der Waals surface area contributed by atoms with Crippen molar-refractivity contribution in [3.63, 3.8) is 0 Å². The van der Waals surface area contributed by atoms with E-state index in [-0.39, 0.29) is 29.2 Å². The summed E-state index contributed by atoms with van der Waals surface area (Å²) in [6.07, 6.45) is 1.67. The van der Waals surface area contributed by atoms with Crippen LogP contribution in [0.15, 0.2) is 36.0 Å². The van der Waals surface area contributed by atoms with Gasteiger partial charge in [0.15, 0.2) is 16.1 Å². The lowest BCUT2D eigenvalue weighted by Gasteiger charge is -2.10. The Morgan fingerprint density at radius 2 is 2.15 bits per heavy atom. The van der Waals surface area contributed by atoms with Gasteiger partial charge in [-0.25, -0.2) is 9.37 Å². The van der Waals surface area contributed by atoms with E-state index in [1.165, 1.54) is 28.8 Å². The van der Waals surface area contributed by atoms with Crippen molar-refractivity contribution in [2.75, 3.05) is 25.2 Å². The zero-order valence-electron chi connectivity index (χ0n) is 18.7. The number of amides is 2. The molecule has 1 N–H and O–H groups in total. The van der Waals surface area contributed by atoms with Crippen LogP contribution in [0.5, 0.6) is 5.75 Å². The number of ether oxygens (including phenoxy) is 1. The molecule has 13 heteroatoms. The van der Waals surface area contributed by atoms with Crippen molar-refractivity contribution < 1.29 is 18.7 Å². The second-order valence-electron chi connectivity index (χ2n) is 7.13. The number of aromatic nitrogens is 4. The lowest BCUT2D eigenvalue weighted by molar-refractivity contribution is -0.113. The summed E-state index contributed by atoms with van der Waals surface area (Å²) in [6, 6.07) is 3.84. The van der Waals surface area contributed by atoms with E-state index < -0.39 is 5.82 Å². The Balaban J connectivity index is 1.62. The van der Waals surface area contributed by atoms with Gasteiger partial charge in [0.25, 0.3) is 5.91 Å². The fourth-order valence-corrected chi connectivity index (χ4v) is 4.71. The Hall–Kier alpha value is -2.96. The molecule has 3 aromatic rings. The van der Waals surface area contributed by atoms with Crippen molar-refractivity contribution in [1.82, 2.24) is 24.6 Å². The molecule has 0 aliphatic carbocycles. The van der Waals surface area contributed by atoms with E-state index >= 15 is 0 Å². The van der Waals surface area contributed by atoms with Crippen LogP contribution in [0.2, 0.25) is 5.02 Å². The van der Waals surface area contributed by atoms with Crippen LogP contribution in [0.25, 0.3) is 0 Å². The van der Waals surface area contributed by atoms with Crippen LogP contribution in [0, 0.1) is 12.7 Å². The maximum Gasteiger partial charge on any atom is 0.265 e. The summed E-state index contributed by atoms with van der Waals surface area (Å²) in [4.78, 5) is 30.8. The number of aryl methyl sites for hydroxylation is 1. The van der Waals surface area contributed by atoms with Crippen molar-refractivity contribution >= 4 is 51.6 Å². The van der Waals surface area contributed by atoms with Gasteiger partial charge in [0, 0.05) is 20.6 Å². The number of halogens is 2. The number of thiazole rings is 1. The lowest BCUT2D eigenvalue weighted by atomic mass is 10.3. The van der Waals surface area contributed by atoms with Crippen molar-refractivity contribution in [3.8, 4) is 5.75 Å². The molecule has 0 radical (unpaired) electrons. The van der Waals surface area contributed by atoms with Gasteiger partial charge in [0.2, 0.25) is 5.91 Å². The molecule has 0 saturated carbocycles. The predicted molar refractivity (Wildman–Crippen MR) is 130 cm³/mol. The molecule has 34 heavy (non-hydrogen) atoms. The molecule has 0 spiro atoms. The monoisotopic (exact) mass is 524 g/mol. The Morgan fingerprint density at radius 1 is 1.38 bits per heavy atom. The van der Waals surface area contributed by atoms with Gasteiger partial charge in [0.1, 0.15) is 23.1 Å². The van der Waals surface area contributed by atoms with Gasteiger partial charge in [-0.2, -0.15) is 0 Å². The summed E-state index contributed by atoms with van der Waals surface area (Å²) in [5.74, 6) is -0.0697. The molecule has 0 aliphatic rings.